The number of aromatic nitrogens is 1. The van der Waals surface area contributed by atoms with Crippen LogP contribution in [0.5, 0.6) is 0 Å². The normalized spacial score (nSPS) is 19.4. The van der Waals surface area contributed by atoms with E-state index in [1.165, 1.54) is 19.4 Å². The molecule has 1 saturated heterocycles. The Morgan fingerprint density at radius 2 is 2.18 bits per heavy atom. The van der Waals surface area contributed by atoms with Crippen LogP contribution in [0.3, 0.4) is 0 Å². The number of nitrogens with one attached hydrogen (secondary N) is 2. The number of β-lactam (4-membered cyclic amide) rings is 1. The van der Waals surface area contributed by atoms with Crippen molar-refractivity contribution in [3.8, 4) is 0 Å². The summed E-state index contributed by atoms with van der Waals surface area (Å²) in [6, 6.07) is -2.18. The minimum atomic E-state index is -4.71. The first-order valence-corrected chi connectivity index (χ1v) is 9.95. The van der Waals surface area contributed by atoms with E-state index in [9.17, 15) is 22.8 Å². The second-order valence-electron chi connectivity index (χ2n) is 5.15. The molecular weight excluding hydrogens is 449 g/mol. The molecule has 2 unspecified atom stereocenters. The molecule has 2 heterocycles. The summed E-state index contributed by atoms with van der Waals surface area (Å²) >= 11 is 6.39. The van der Waals surface area contributed by atoms with Gasteiger partial charge in [-0.15, -0.1) is 22.9 Å². The Labute approximate surface area is 192 Å². The number of alkyl halides is 1. The largest absolute Gasteiger partial charge is 1.00 e. The molecule has 1 aromatic rings. The number of oxime groups is 1. The number of carbonyl (C=O) groups excluding carboxylic acids is 3. The molecule has 0 radical (unpaired) electrons. The fourth-order valence-electron chi connectivity index (χ4n) is 2.20. The van der Waals surface area contributed by atoms with E-state index in [4.69, 9.17) is 16.2 Å². The third-order valence-corrected chi connectivity index (χ3v) is 5.39. The van der Waals surface area contributed by atoms with Crippen LogP contribution in [0, 0.1) is 0 Å². The molecule has 0 bridgehead atoms. The van der Waals surface area contributed by atoms with E-state index in [-0.39, 0.29) is 57.7 Å². The molecule has 16 heteroatoms. The standard InChI is InChI=1S/C12H14ClN5O7S2.Na.H/c1-5-8(11(21)18(5)27(22,23)24)16-10(20)9(17-25-2)6-4-26-12(14-6)15-7(19)3-13;;/h4-5,8H,3H2,1-2H3,(H,16,20)(H,14,15,19)(H,22,23,24);;/q;+1;-1/b17-9+;;. The monoisotopic (exact) mass is 463 g/mol. The van der Waals surface area contributed by atoms with Crippen molar-refractivity contribution in [1.82, 2.24) is 14.6 Å². The van der Waals surface area contributed by atoms with Crippen molar-refractivity contribution in [3.05, 3.63) is 11.1 Å². The van der Waals surface area contributed by atoms with E-state index in [2.05, 4.69) is 25.6 Å². The number of amides is 3. The van der Waals surface area contributed by atoms with Crippen molar-refractivity contribution in [1.29, 1.82) is 0 Å². The molecule has 2 atom stereocenters. The summed E-state index contributed by atoms with van der Waals surface area (Å²) in [5.74, 6) is -2.63. The summed E-state index contributed by atoms with van der Waals surface area (Å²) in [7, 11) is -3.52. The van der Waals surface area contributed by atoms with Gasteiger partial charge in [0.25, 0.3) is 11.8 Å². The first kappa shape index (κ1) is 24.7. The molecule has 12 nitrogen and oxygen atoms in total. The maximum Gasteiger partial charge on any atom is 1.00 e. The Morgan fingerprint density at radius 1 is 1.54 bits per heavy atom. The Balaban J connectivity index is 0.00000392. The second kappa shape index (κ2) is 9.96. The van der Waals surface area contributed by atoms with E-state index in [1.54, 1.807) is 0 Å². The summed E-state index contributed by atoms with van der Waals surface area (Å²) in [4.78, 5) is 44.2. The number of nitrogens with zero attached hydrogens (tertiary/aromatic N) is 3. The Kier molecular flexibility index (Phi) is 8.80. The zero-order chi connectivity index (χ0) is 20.4. The van der Waals surface area contributed by atoms with Crippen molar-refractivity contribution in [2.75, 3.05) is 18.3 Å². The van der Waals surface area contributed by atoms with E-state index in [0.717, 1.165) is 11.3 Å². The summed E-state index contributed by atoms with van der Waals surface area (Å²) < 4.78 is 31.4. The quantitative estimate of drug-likeness (QED) is 0.0927. The van der Waals surface area contributed by atoms with Gasteiger partial charge in [-0.2, -0.15) is 8.42 Å². The van der Waals surface area contributed by atoms with Crippen LogP contribution >= 0.6 is 22.9 Å². The van der Waals surface area contributed by atoms with Crippen LogP contribution in [0.4, 0.5) is 5.13 Å². The molecular formula is C12H15ClN5NaO7S2. The fraction of sp³-hybridized carbons (Fsp3) is 0.417. The first-order valence-electron chi connectivity index (χ1n) is 7.14. The van der Waals surface area contributed by atoms with E-state index in [1.807, 2.05) is 0 Å². The number of rotatable bonds is 7. The molecule has 2 rings (SSSR count). The SMILES string of the molecule is CO/N=C(/C(=O)NC1C(=O)N(S(=O)(=O)O)C1C)c1csc(NC(=O)CCl)n1.[H-].[Na+]. The Hall–Kier alpha value is -1.29. The topological polar surface area (TPSA) is 167 Å². The Morgan fingerprint density at radius 3 is 2.68 bits per heavy atom. The molecule has 150 valence electrons. The van der Waals surface area contributed by atoms with Crippen LogP contribution in [0.15, 0.2) is 10.5 Å². The van der Waals surface area contributed by atoms with Crippen molar-refractivity contribution >= 4 is 61.8 Å². The fourth-order valence-corrected chi connectivity index (χ4v) is 3.86. The number of halogens is 1. The van der Waals surface area contributed by atoms with Gasteiger partial charge in [0.2, 0.25) is 5.91 Å². The van der Waals surface area contributed by atoms with Crippen molar-refractivity contribution in [2.45, 2.75) is 19.0 Å². The van der Waals surface area contributed by atoms with Crippen LogP contribution in [-0.2, 0) is 29.5 Å². The van der Waals surface area contributed by atoms with Gasteiger partial charge in [0.05, 0.1) is 6.04 Å². The average Bonchev–Trinajstić information content (AvgIpc) is 3.04. The molecule has 28 heavy (non-hydrogen) atoms. The minimum Gasteiger partial charge on any atom is -1.00 e. The van der Waals surface area contributed by atoms with Gasteiger partial charge in [0.1, 0.15) is 24.7 Å². The number of carbonyl (C=O) groups is 3. The van der Waals surface area contributed by atoms with Gasteiger partial charge < -0.3 is 16.9 Å². The van der Waals surface area contributed by atoms with Gasteiger partial charge in [-0.1, -0.05) is 5.16 Å². The predicted molar refractivity (Wildman–Crippen MR) is 95.9 cm³/mol. The molecule has 1 aliphatic rings. The van der Waals surface area contributed by atoms with Gasteiger partial charge in [-0.25, -0.2) is 9.29 Å². The molecule has 1 fully saturated rings. The maximum absolute atomic E-state index is 12.4. The minimum absolute atomic E-state index is 0. The summed E-state index contributed by atoms with van der Waals surface area (Å²) in [5.41, 5.74) is -0.249. The van der Waals surface area contributed by atoms with Crippen molar-refractivity contribution < 1.29 is 63.2 Å². The summed E-state index contributed by atoms with van der Waals surface area (Å²) in [5, 5.41) is 9.84. The van der Waals surface area contributed by atoms with Gasteiger partial charge >= 0.3 is 39.9 Å². The molecule has 3 N–H and O–H groups in total. The maximum atomic E-state index is 12.4. The van der Waals surface area contributed by atoms with E-state index < -0.39 is 40.1 Å². The molecule has 1 aliphatic heterocycles. The third-order valence-electron chi connectivity index (χ3n) is 3.38. The molecule has 1 aromatic heterocycles. The van der Waals surface area contributed by atoms with Gasteiger partial charge in [0.15, 0.2) is 10.8 Å². The molecule has 0 spiro atoms. The number of anilines is 1. The molecule has 0 aliphatic carbocycles. The van der Waals surface area contributed by atoms with Crippen molar-refractivity contribution in [3.63, 3.8) is 0 Å². The summed E-state index contributed by atoms with van der Waals surface area (Å²) in [6.07, 6.45) is 0. The van der Waals surface area contributed by atoms with Gasteiger partial charge in [-0.3, -0.25) is 18.9 Å². The van der Waals surface area contributed by atoms with E-state index in [0.29, 0.717) is 0 Å². The van der Waals surface area contributed by atoms with Crippen LogP contribution in [-0.4, -0.2) is 70.8 Å². The van der Waals surface area contributed by atoms with Crippen LogP contribution < -0.4 is 40.2 Å². The van der Waals surface area contributed by atoms with Crippen LogP contribution in [0.25, 0.3) is 0 Å². The number of hydrogen-bond donors (Lipinski definition) is 3. The first-order chi connectivity index (χ1) is 12.6. The molecule has 0 aromatic carbocycles. The average molecular weight is 464 g/mol. The molecule has 0 saturated carbocycles. The third kappa shape index (κ3) is 5.40. The second-order valence-corrected chi connectivity index (χ2v) is 7.56. The van der Waals surface area contributed by atoms with Crippen molar-refractivity contribution in [2.24, 2.45) is 5.16 Å². The smallest absolute Gasteiger partial charge is 1.00 e. The number of hydrogen-bond acceptors (Lipinski definition) is 9. The summed E-state index contributed by atoms with van der Waals surface area (Å²) in [6.45, 7) is 1.33. The predicted octanol–water partition coefficient (Wildman–Crippen LogP) is -3.69. The Bertz CT molecular complexity index is 912. The van der Waals surface area contributed by atoms with E-state index >= 15 is 0 Å². The van der Waals surface area contributed by atoms with Crippen LogP contribution in [0.1, 0.15) is 14.0 Å². The van der Waals surface area contributed by atoms with Crippen LogP contribution in [0.2, 0.25) is 0 Å². The number of thiazole rings is 1. The molecule has 3 amide bonds. The zero-order valence-corrected chi connectivity index (χ0v) is 19.3. The van der Waals surface area contributed by atoms with Gasteiger partial charge in [-0.05, 0) is 6.92 Å². The zero-order valence-electron chi connectivity index (χ0n) is 15.9. The van der Waals surface area contributed by atoms with Gasteiger partial charge in [0, 0.05) is 5.38 Å².